The number of hydrogen-bond acceptors (Lipinski definition) is 6. The molecule has 0 aliphatic heterocycles. The summed E-state index contributed by atoms with van der Waals surface area (Å²) in [6, 6.07) is 2.35. The minimum absolute atomic E-state index is 0.0694. The molecule has 0 aliphatic carbocycles. The first-order valence-electron chi connectivity index (χ1n) is 5.33. The number of thioether (sulfide) groups is 1. The monoisotopic (exact) mass is 274 g/mol. The molecule has 0 aliphatic rings. The molecule has 0 radical (unpaired) electrons. The quantitative estimate of drug-likeness (QED) is 0.689. The summed E-state index contributed by atoms with van der Waals surface area (Å²) in [5, 5.41) is 19.4. The van der Waals surface area contributed by atoms with E-state index >= 15 is 0 Å². The topological polar surface area (TPSA) is 96.4 Å². The molecule has 1 aromatic heterocycles. The second-order valence-corrected chi connectivity index (χ2v) is 5.02. The van der Waals surface area contributed by atoms with Crippen molar-refractivity contribution in [1.29, 1.82) is 0 Å². The molecule has 0 spiro atoms. The van der Waals surface area contributed by atoms with Crippen LogP contribution in [0.25, 0.3) is 0 Å². The number of nitrogen functional groups attached to an aromatic ring is 1. The third kappa shape index (κ3) is 4.25. The smallest absolute Gasteiger partial charge is 0.213 e. The van der Waals surface area contributed by atoms with Gasteiger partial charge in [-0.05, 0) is 18.6 Å². The second kappa shape index (κ2) is 6.67. The Morgan fingerprint density at radius 3 is 2.83 bits per heavy atom. The maximum Gasteiger partial charge on any atom is 0.213 e. The van der Waals surface area contributed by atoms with Gasteiger partial charge in [-0.25, -0.2) is 4.98 Å². The molecule has 0 saturated carbocycles. The minimum atomic E-state index is -1.37. The molecule has 1 aromatic rings. The summed E-state index contributed by atoms with van der Waals surface area (Å²) in [5.41, 5.74) is 5.57. The Morgan fingerprint density at radius 1 is 1.56 bits per heavy atom. The number of anilines is 1. The fourth-order valence-electron chi connectivity index (χ4n) is 1.36. The van der Waals surface area contributed by atoms with Gasteiger partial charge in [0.05, 0.1) is 17.5 Å². The number of carbonyl (C=O) groups is 1. The SMILES string of the molecule is CC(=O)SCCC(O)C(O)c1nc(F)ccc1N. The predicted octanol–water partition coefficient (Wildman–Crippen LogP) is 0.867. The van der Waals surface area contributed by atoms with Crippen LogP contribution in [0.15, 0.2) is 12.1 Å². The zero-order chi connectivity index (χ0) is 13.7. The third-order valence-electron chi connectivity index (χ3n) is 2.29. The van der Waals surface area contributed by atoms with Gasteiger partial charge in [-0.15, -0.1) is 0 Å². The Labute approximate surface area is 108 Å². The van der Waals surface area contributed by atoms with E-state index in [1.165, 1.54) is 13.0 Å². The zero-order valence-electron chi connectivity index (χ0n) is 9.84. The zero-order valence-corrected chi connectivity index (χ0v) is 10.7. The standard InChI is InChI=1S/C11H15FN2O3S/c1-6(15)18-5-4-8(16)11(17)10-7(13)2-3-9(12)14-10/h2-3,8,11,16-17H,4-5,13H2,1H3. The summed E-state index contributed by atoms with van der Waals surface area (Å²) in [4.78, 5) is 14.2. The molecule has 5 nitrogen and oxygen atoms in total. The van der Waals surface area contributed by atoms with Crippen LogP contribution < -0.4 is 5.73 Å². The summed E-state index contributed by atoms with van der Waals surface area (Å²) < 4.78 is 12.9. The van der Waals surface area contributed by atoms with Gasteiger partial charge in [0.15, 0.2) is 5.12 Å². The van der Waals surface area contributed by atoms with Gasteiger partial charge in [0.25, 0.3) is 0 Å². The molecule has 18 heavy (non-hydrogen) atoms. The van der Waals surface area contributed by atoms with Crippen LogP contribution in [0.2, 0.25) is 0 Å². The summed E-state index contributed by atoms with van der Waals surface area (Å²) in [6.45, 7) is 1.42. The van der Waals surface area contributed by atoms with Crippen LogP contribution in [0.1, 0.15) is 25.1 Å². The molecular formula is C11H15FN2O3S. The third-order valence-corrected chi connectivity index (χ3v) is 3.13. The Kier molecular flexibility index (Phi) is 5.52. The van der Waals surface area contributed by atoms with E-state index in [2.05, 4.69) is 4.98 Å². The number of nitrogens with two attached hydrogens (primary N) is 1. The van der Waals surface area contributed by atoms with E-state index in [1.807, 2.05) is 0 Å². The van der Waals surface area contributed by atoms with Gasteiger partial charge in [0, 0.05) is 12.7 Å². The van der Waals surface area contributed by atoms with Gasteiger partial charge < -0.3 is 15.9 Å². The van der Waals surface area contributed by atoms with Crippen LogP contribution in [0.3, 0.4) is 0 Å². The molecule has 0 saturated heterocycles. The van der Waals surface area contributed by atoms with Gasteiger partial charge in [-0.2, -0.15) is 4.39 Å². The van der Waals surface area contributed by atoms with Crippen molar-refractivity contribution in [1.82, 2.24) is 4.98 Å². The summed E-state index contributed by atoms with van der Waals surface area (Å²) in [5.74, 6) is -0.411. The number of aliphatic hydroxyl groups excluding tert-OH is 2. The van der Waals surface area contributed by atoms with Crippen molar-refractivity contribution >= 4 is 22.6 Å². The average Bonchev–Trinajstić information content (AvgIpc) is 2.30. The van der Waals surface area contributed by atoms with Gasteiger partial charge in [0.1, 0.15) is 6.10 Å². The van der Waals surface area contributed by atoms with Crippen molar-refractivity contribution in [3.8, 4) is 0 Å². The fraction of sp³-hybridized carbons (Fsp3) is 0.455. The van der Waals surface area contributed by atoms with Crippen LogP contribution in [0, 0.1) is 5.95 Å². The van der Waals surface area contributed by atoms with E-state index in [0.717, 1.165) is 17.8 Å². The normalized spacial score (nSPS) is 14.2. The number of pyridine rings is 1. The highest BCUT2D eigenvalue weighted by Gasteiger charge is 2.22. The van der Waals surface area contributed by atoms with Crippen LogP contribution in [-0.4, -0.2) is 32.2 Å². The average molecular weight is 274 g/mol. The van der Waals surface area contributed by atoms with E-state index in [0.29, 0.717) is 5.75 Å². The molecule has 2 unspecified atom stereocenters. The lowest BCUT2D eigenvalue weighted by atomic mass is 10.1. The lowest BCUT2D eigenvalue weighted by Crippen LogP contribution is -2.21. The number of rotatable bonds is 5. The summed E-state index contributed by atoms with van der Waals surface area (Å²) in [7, 11) is 0. The maximum atomic E-state index is 12.9. The lowest BCUT2D eigenvalue weighted by Gasteiger charge is -2.18. The van der Waals surface area contributed by atoms with E-state index in [4.69, 9.17) is 5.73 Å². The number of halogens is 1. The van der Waals surface area contributed by atoms with Crippen molar-refractivity contribution in [2.24, 2.45) is 0 Å². The van der Waals surface area contributed by atoms with Gasteiger partial charge in [-0.3, -0.25) is 4.79 Å². The van der Waals surface area contributed by atoms with E-state index in [9.17, 15) is 19.4 Å². The molecule has 0 fully saturated rings. The number of aromatic nitrogens is 1. The van der Waals surface area contributed by atoms with Crippen LogP contribution in [0.5, 0.6) is 0 Å². The van der Waals surface area contributed by atoms with Crippen molar-refractivity contribution in [2.75, 3.05) is 11.5 Å². The maximum absolute atomic E-state index is 12.9. The van der Waals surface area contributed by atoms with Gasteiger partial charge in [-0.1, -0.05) is 11.8 Å². The van der Waals surface area contributed by atoms with Crippen LogP contribution >= 0.6 is 11.8 Å². The number of carbonyl (C=O) groups excluding carboxylic acids is 1. The Bertz CT molecular complexity index is 431. The first-order valence-corrected chi connectivity index (χ1v) is 6.31. The van der Waals surface area contributed by atoms with E-state index in [1.54, 1.807) is 0 Å². The molecule has 100 valence electrons. The number of aliphatic hydroxyl groups is 2. The summed E-state index contributed by atoms with van der Waals surface area (Å²) >= 11 is 1.04. The lowest BCUT2D eigenvalue weighted by molar-refractivity contribution is -0.109. The van der Waals surface area contributed by atoms with Crippen LogP contribution in [-0.2, 0) is 4.79 Å². The highest BCUT2D eigenvalue weighted by Crippen LogP contribution is 2.23. The van der Waals surface area contributed by atoms with Crippen LogP contribution in [0.4, 0.5) is 10.1 Å². The molecule has 1 heterocycles. The number of hydrogen-bond donors (Lipinski definition) is 3. The molecule has 0 bridgehead atoms. The molecule has 0 amide bonds. The highest BCUT2D eigenvalue weighted by molar-refractivity contribution is 8.13. The van der Waals surface area contributed by atoms with Crippen molar-refractivity contribution in [3.63, 3.8) is 0 Å². The van der Waals surface area contributed by atoms with E-state index in [-0.39, 0.29) is 22.9 Å². The van der Waals surface area contributed by atoms with E-state index < -0.39 is 18.2 Å². The van der Waals surface area contributed by atoms with Gasteiger partial charge in [0.2, 0.25) is 5.95 Å². The van der Waals surface area contributed by atoms with Crippen molar-refractivity contribution in [3.05, 3.63) is 23.8 Å². The van der Waals surface area contributed by atoms with Gasteiger partial charge >= 0.3 is 0 Å². The second-order valence-electron chi connectivity index (χ2n) is 3.75. The van der Waals surface area contributed by atoms with Crippen molar-refractivity contribution in [2.45, 2.75) is 25.6 Å². The Morgan fingerprint density at radius 2 is 2.22 bits per heavy atom. The first-order chi connectivity index (χ1) is 8.41. The molecular weight excluding hydrogens is 259 g/mol. The first kappa shape index (κ1) is 14.9. The minimum Gasteiger partial charge on any atom is -0.397 e. The highest BCUT2D eigenvalue weighted by atomic mass is 32.2. The molecule has 4 N–H and O–H groups in total. The summed E-state index contributed by atoms with van der Waals surface area (Å²) in [6.07, 6.45) is -2.33. The largest absolute Gasteiger partial charge is 0.397 e. The Hall–Kier alpha value is -1.18. The molecule has 1 rings (SSSR count). The molecule has 2 atom stereocenters. The van der Waals surface area contributed by atoms with Crippen molar-refractivity contribution < 1.29 is 19.4 Å². The fourth-order valence-corrected chi connectivity index (χ4v) is 2.01. The predicted molar refractivity (Wildman–Crippen MR) is 67.3 cm³/mol. The number of nitrogens with zero attached hydrogens (tertiary/aromatic N) is 1. The Balaban J connectivity index is 2.64. The molecule has 7 heteroatoms. The molecule has 0 aromatic carbocycles.